The molecule has 1 aromatic rings. The highest BCUT2D eigenvalue weighted by Gasteiger charge is 2.33. The average molecular weight is 553 g/mol. The van der Waals surface area contributed by atoms with E-state index in [9.17, 15) is 9.59 Å². The predicted molar refractivity (Wildman–Crippen MR) is 148 cm³/mol. The fraction of sp³-hybridized carbons (Fsp3) is 0.714. The molecule has 1 aromatic carbocycles. The van der Waals surface area contributed by atoms with E-state index < -0.39 is 6.09 Å². The minimum absolute atomic E-state index is 0.0343. The van der Waals surface area contributed by atoms with E-state index in [0.717, 1.165) is 44.3 Å². The summed E-state index contributed by atoms with van der Waals surface area (Å²) in [5.74, 6) is 0.540. The van der Waals surface area contributed by atoms with Gasteiger partial charge in [-0.3, -0.25) is 0 Å². The quantitative estimate of drug-likeness (QED) is 0.353. The third-order valence-electron chi connectivity index (χ3n) is 7.47. The van der Waals surface area contributed by atoms with Crippen molar-refractivity contribution in [2.24, 2.45) is 11.8 Å². The number of rotatable bonds is 11. The normalized spacial score (nSPS) is 22.8. The lowest BCUT2D eigenvalue weighted by molar-refractivity contribution is -0.0792. The molecule has 214 valence electrons. The molecule has 0 bridgehead atoms. The van der Waals surface area contributed by atoms with Crippen molar-refractivity contribution in [1.29, 1.82) is 0 Å². The Balaban J connectivity index is 1.61. The molecule has 10 heteroatoms. The standard InChI is InChI=1S/C28H45ClN4O5/c1-28(2)11-10-20(19-38-28)15-24(17-30-3)32-26(34)33-13-6-8-22(18-33)25(21-7-5-9-23(29)16-21)37-14-12-31-27(35)36-4/h5,7,9,16,20,22,24-25,30H,6,8,10-15,17-19H2,1-4H3,(H,31,35)(H,32,34)/t20-,22-,24+,25?/m1/s1. The van der Waals surface area contributed by atoms with Crippen LogP contribution in [0.2, 0.25) is 5.02 Å². The Morgan fingerprint density at radius 3 is 2.79 bits per heavy atom. The molecule has 0 saturated carbocycles. The number of nitrogens with zero attached hydrogens (tertiary/aromatic N) is 1. The maximum atomic E-state index is 13.4. The third-order valence-corrected chi connectivity index (χ3v) is 7.70. The minimum atomic E-state index is -0.493. The number of amides is 3. The second-order valence-corrected chi connectivity index (χ2v) is 11.5. The molecule has 2 aliphatic rings. The van der Waals surface area contributed by atoms with Crippen molar-refractivity contribution in [2.75, 3.05) is 53.6 Å². The van der Waals surface area contributed by atoms with Gasteiger partial charge >= 0.3 is 12.1 Å². The van der Waals surface area contributed by atoms with E-state index in [1.165, 1.54) is 7.11 Å². The average Bonchev–Trinajstić information content (AvgIpc) is 2.90. The second kappa shape index (κ2) is 14.9. The Bertz CT molecular complexity index is 892. The second-order valence-electron chi connectivity index (χ2n) is 11.0. The number of nitrogens with one attached hydrogen (secondary N) is 3. The van der Waals surface area contributed by atoms with Crippen LogP contribution in [0.25, 0.3) is 0 Å². The zero-order valence-electron chi connectivity index (χ0n) is 23.3. The van der Waals surface area contributed by atoms with E-state index in [4.69, 9.17) is 21.1 Å². The number of carbonyl (C=O) groups excluding carboxylic acids is 2. The maximum absolute atomic E-state index is 13.4. The van der Waals surface area contributed by atoms with Crippen molar-refractivity contribution in [3.63, 3.8) is 0 Å². The van der Waals surface area contributed by atoms with Gasteiger partial charge in [-0.1, -0.05) is 23.7 Å². The molecular weight excluding hydrogens is 508 g/mol. The minimum Gasteiger partial charge on any atom is -0.453 e. The monoisotopic (exact) mass is 552 g/mol. The summed E-state index contributed by atoms with van der Waals surface area (Å²) in [6, 6.07) is 7.65. The van der Waals surface area contributed by atoms with E-state index in [-0.39, 0.29) is 29.7 Å². The van der Waals surface area contributed by atoms with Gasteiger partial charge in [0.25, 0.3) is 0 Å². The molecule has 4 atom stereocenters. The number of methoxy groups -OCH3 is 1. The van der Waals surface area contributed by atoms with Gasteiger partial charge in [0.05, 0.1) is 32.0 Å². The van der Waals surface area contributed by atoms with Gasteiger partial charge < -0.3 is 35.1 Å². The van der Waals surface area contributed by atoms with E-state index in [1.54, 1.807) is 0 Å². The first kappa shape index (κ1) is 30.5. The van der Waals surface area contributed by atoms with E-state index in [2.05, 4.69) is 34.5 Å². The molecule has 3 rings (SSSR count). The molecule has 0 spiro atoms. The first-order chi connectivity index (χ1) is 18.2. The van der Waals surface area contributed by atoms with E-state index in [1.807, 2.05) is 36.2 Å². The van der Waals surface area contributed by atoms with Gasteiger partial charge in [-0.05, 0) is 76.6 Å². The van der Waals surface area contributed by atoms with Crippen LogP contribution in [0.3, 0.4) is 0 Å². The van der Waals surface area contributed by atoms with Crippen molar-refractivity contribution in [1.82, 2.24) is 20.9 Å². The number of carbonyl (C=O) groups is 2. The van der Waals surface area contributed by atoms with Crippen LogP contribution in [0.5, 0.6) is 0 Å². The van der Waals surface area contributed by atoms with Crippen LogP contribution in [-0.2, 0) is 14.2 Å². The molecule has 3 amide bonds. The molecule has 0 aliphatic carbocycles. The highest BCUT2D eigenvalue weighted by atomic mass is 35.5. The first-order valence-corrected chi connectivity index (χ1v) is 14.1. The van der Waals surface area contributed by atoms with Crippen LogP contribution in [0.15, 0.2) is 24.3 Å². The number of likely N-dealkylation sites (N-methyl/N-ethyl adjacent to an activating group) is 1. The summed E-state index contributed by atoms with van der Waals surface area (Å²) in [4.78, 5) is 26.7. The first-order valence-electron chi connectivity index (χ1n) is 13.7. The fourth-order valence-corrected chi connectivity index (χ4v) is 5.58. The summed E-state index contributed by atoms with van der Waals surface area (Å²) in [6.45, 7) is 7.66. The third kappa shape index (κ3) is 9.59. The van der Waals surface area contributed by atoms with Crippen molar-refractivity contribution in [3.8, 4) is 0 Å². The molecule has 0 radical (unpaired) electrons. The molecule has 0 aromatic heterocycles. The lowest BCUT2D eigenvalue weighted by atomic mass is 9.87. The summed E-state index contributed by atoms with van der Waals surface area (Å²) in [6.07, 6.45) is 4.11. The Kier molecular flexibility index (Phi) is 12.0. The van der Waals surface area contributed by atoms with Gasteiger partial charge in [-0.15, -0.1) is 0 Å². The molecular formula is C28H45ClN4O5. The SMILES string of the molecule is CNC[C@H](C[C@H]1CCC(C)(C)OC1)NC(=O)N1CCC[C@@H](C(OCCNC(=O)OC)c2cccc(Cl)c2)C1. The molecule has 2 aliphatic heterocycles. The van der Waals surface area contributed by atoms with Crippen LogP contribution < -0.4 is 16.0 Å². The molecule has 1 unspecified atom stereocenters. The van der Waals surface area contributed by atoms with Crippen LogP contribution in [0, 0.1) is 11.8 Å². The number of halogens is 1. The molecule has 2 fully saturated rings. The lowest BCUT2D eigenvalue weighted by Gasteiger charge is -2.39. The summed E-state index contributed by atoms with van der Waals surface area (Å²) < 4.78 is 16.9. The predicted octanol–water partition coefficient (Wildman–Crippen LogP) is 4.36. The number of ether oxygens (including phenoxy) is 3. The molecule has 2 saturated heterocycles. The topological polar surface area (TPSA) is 101 Å². The fourth-order valence-electron chi connectivity index (χ4n) is 5.39. The number of hydrogen-bond donors (Lipinski definition) is 3. The van der Waals surface area contributed by atoms with E-state index in [0.29, 0.717) is 43.7 Å². The van der Waals surface area contributed by atoms with Crippen LogP contribution in [-0.4, -0.2) is 82.2 Å². The summed E-state index contributed by atoms with van der Waals surface area (Å²) >= 11 is 6.29. The number of urea groups is 1. The van der Waals surface area contributed by atoms with Crippen molar-refractivity contribution < 1.29 is 23.8 Å². The Hall–Kier alpha value is -2.07. The van der Waals surface area contributed by atoms with Crippen LogP contribution >= 0.6 is 11.6 Å². The summed E-state index contributed by atoms with van der Waals surface area (Å²) in [5, 5.41) is 9.80. The maximum Gasteiger partial charge on any atom is 0.406 e. The smallest absolute Gasteiger partial charge is 0.406 e. The van der Waals surface area contributed by atoms with Crippen LogP contribution in [0.4, 0.5) is 9.59 Å². The largest absolute Gasteiger partial charge is 0.453 e. The highest BCUT2D eigenvalue weighted by Crippen LogP contribution is 2.34. The van der Waals surface area contributed by atoms with Gasteiger partial charge in [0.1, 0.15) is 0 Å². The molecule has 3 N–H and O–H groups in total. The summed E-state index contributed by atoms with van der Waals surface area (Å²) in [7, 11) is 3.25. The zero-order chi connectivity index (χ0) is 27.5. The lowest BCUT2D eigenvalue weighted by Crippen LogP contribution is -2.52. The van der Waals surface area contributed by atoms with Crippen LogP contribution in [0.1, 0.15) is 57.6 Å². The van der Waals surface area contributed by atoms with Gasteiger partial charge in [-0.2, -0.15) is 0 Å². The molecule has 9 nitrogen and oxygen atoms in total. The van der Waals surface area contributed by atoms with Crippen molar-refractivity contribution in [3.05, 3.63) is 34.9 Å². The Morgan fingerprint density at radius 1 is 1.29 bits per heavy atom. The molecule has 2 heterocycles. The van der Waals surface area contributed by atoms with Gasteiger partial charge in [0.15, 0.2) is 0 Å². The Labute approximate surface area is 232 Å². The number of hydrogen-bond acceptors (Lipinski definition) is 6. The van der Waals surface area contributed by atoms with Gasteiger partial charge in [-0.25, -0.2) is 9.59 Å². The van der Waals surface area contributed by atoms with Crippen molar-refractivity contribution >= 4 is 23.7 Å². The Morgan fingerprint density at radius 2 is 2.11 bits per heavy atom. The highest BCUT2D eigenvalue weighted by molar-refractivity contribution is 6.30. The number of benzene rings is 1. The summed E-state index contributed by atoms with van der Waals surface area (Å²) in [5.41, 5.74) is 0.911. The zero-order valence-corrected chi connectivity index (χ0v) is 24.0. The number of likely N-dealkylation sites (tertiary alicyclic amines) is 1. The van der Waals surface area contributed by atoms with Gasteiger partial charge in [0.2, 0.25) is 0 Å². The number of piperidine rings is 1. The molecule has 38 heavy (non-hydrogen) atoms. The van der Waals surface area contributed by atoms with Crippen molar-refractivity contribution in [2.45, 2.75) is 63.7 Å². The van der Waals surface area contributed by atoms with E-state index >= 15 is 0 Å². The van der Waals surface area contributed by atoms with Gasteiger partial charge in [0, 0.05) is 43.2 Å². The number of alkyl carbamates (subject to hydrolysis) is 1.